The minimum absolute atomic E-state index is 0.431. The molecule has 2 heteroatoms. The molecule has 1 fully saturated rings. The molecule has 3 unspecified atom stereocenters. The van der Waals surface area contributed by atoms with E-state index in [9.17, 15) is 0 Å². The Morgan fingerprint density at radius 2 is 2.00 bits per heavy atom. The highest BCUT2D eigenvalue weighted by molar-refractivity contribution is 4.84. The molecule has 0 aromatic rings. The summed E-state index contributed by atoms with van der Waals surface area (Å²) < 4.78 is 0. The second-order valence-electron chi connectivity index (χ2n) is 6.16. The maximum Gasteiger partial charge on any atom is 0.00673 e. The van der Waals surface area contributed by atoms with Gasteiger partial charge in [0.25, 0.3) is 0 Å². The smallest absolute Gasteiger partial charge is 0.00673 e. The van der Waals surface area contributed by atoms with Crippen molar-refractivity contribution in [2.45, 2.75) is 53.0 Å². The summed E-state index contributed by atoms with van der Waals surface area (Å²) in [5.41, 5.74) is 0.431. The maximum atomic E-state index is 3.35. The lowest BCUT2D eigenvalue weighted by molar-refractivity contribution is 0.0717. The van der Waals surface area contributed by atoms with Crippen molar-refractivity contribution in [3.8, 4) is 0 Å². The molecule has 0 amide bonds. The van der Waals surface area contributed by atoms with Crippen LogP contribution < -0.4 is 5.32 Å². The van der Waals surface area contributed by atoms with Gasteiger partial charge in [-0.1, -0.05) is 20.8 Å². The Labute approximate surface area is 102 Å². The molecule has 0 aromatic carbocycles. The molecule has 0 saturated carbocycles. The van der Waals surface area contributed by atoms with Crippen molar-refractivity contribution in [1.29, 1.82) is 0 Å². The second-order valence-corrected chi connectivity index (χ2v) is 6.16. The fourth-order valence-corrected chi connectivity index (χ4v) is 2.81. The summed E-state index contributed by atoms with van der Waals surface area (Å²) in [6.07, 6.45) is 4.04. The van der Waals surface area contributed by atoms with Crippen LogP contribution in [0.4, 0.5) is 0 Å². The molecule has 0 aliphatic carbocycles. The summed E-state index contributed by atoms with van der Waals surface area (Å²) >= 11 is 0. The zero-order chi connectivity index (χ0) is 12.2. The zero-order valence-corrected chi connectivity index (χ0v) is 11.8. The first-order chi connectivity index (χ1) is 7.50. The topological polar surface area (TPSA) is 15.3 Å². The largest absolute Gasteiger partial charge is 0.319 e. The number of nitrogens with one attached hydrogen (secondary N) is 1. The van der Waals surface area contributed by atoms with E-state index < -0.39 is 0 Å². The molecule has 2 nitrogen and oxygen atoms in total. The fourth-order valence-electron chi connectivity index (χ4n) is 2.81. The number of rotatable bonds is 5. The van der Waals surface area contributed by atoms with Crippen LogP contribution >= 0.6 is 0 Å². The molecule has 0 spiro atoms. The minimum Gasteiger partial charge on any atom is -0.319 e. The highest BCUT2D eigenvalue weighted by Crippen LogP contribution is 2.28. The molecule has 1 aliphatic heterocycles. The predicted octanol–water partition coefficient (Wildman–Crippen LogP) is 2.74. The number of nitrogens with zero attached hydrogens (tertiary/aromatic N) is 1. The molecule has 0 bridgehead atoms. The van der Waals surface area contributed by atoms with E-state index in [1.165, 1.54) is 32.4 Å². The summed E-state index contributed by atoms with van der Waals surface area (Å²) in [7, 11) is 2.07. The van der Waals surface area contributed by atoms with Gasteiger partial charge in [-0.05, 0) is 44.6 Å². The van der Waals surface area contributed by atoms with Crippen LogP contribution in [-0.2, 0) is 0 Å². The summed E-state index contributed by atoms with van der Waals surface area (Å²) in [5, 5.41) is 3.35. The average molecular weight is 226 g/mol. The van der Waals surface area contributed by atoms with E-state index in [1.54, 1.807) is 0 Å². The van der Waals surface area contributed by atoms with E-state index in [-0.39, 0.29) is 0 Å². The molecule has 0 aromatic heterocycles. The van der Waals surface area contributed by atoms with E-state index in [1.807, 2.05) is 0 Å². The van der Waals surface area contributed by atoms with Gasteiger partial charge in [-0.15, -0.1) is 0 Å². The standard InChI is InChI=1S/C14H30N2/c1-6-14(4,10-15-5)11-16-9-12(2)7-8-13(16)3/h12-13,15H,6-11H2,1-5H3. The van der Waals surface area contributed by atoms with Crippen molar-refractivity contribution in [2.24, 2.45) is 11.3 Å². The number of hydrogen-bond acceptors (Lipinski definition) is 2. The van der Waals surface area contributed by atoms with Gasteiger partial charge in [0.15, 0.2) is 0 Å². The first-order valence-electron chi connectivity index (χ1n) is 6.89. The van der Waals surface area contributed by atoms with Gasteiger partial charge < -0.3 is 5.32 Å². The molecule has 1 heterocycles. The Morgan fingerprint density at radius 1 is 1.31 bits per heavy atom. The maximum absolute atomic E-state index is 3.35. The van der Waals surface area contributed by atoms with Gasteiger partial charge in [-0.2, -0.15) is 0 Å². The Morgan fingerprint density at radius 3 is 2.56 bits per heavy atom. The number of likely N-dealkylation sites (tertiary alicyclic amines) is 1. The average Bonchev–Trinajstić information content (AvgIpc) is 2.24. The minimum atomic E-state index is 0.431. The highest BCUT2D eigenvalue weighted by Gasteiger charge is 2.30. The van der Waals surface area contributed by atoms with E-state index in [0.29, 0.717) is 5.41 Å². The number of piperidine rings is 1. The molecule has 1 rings (SSSR count). The first-order valence-corrected chi connectivity index (χ1v) is 6.89. The predicted molar refractivity (Wildman–Crippen MR) is 71.8 cm³/mol. The lowest BCUT2D eigenvalue weighted by Gasteiger charge is -2.42. The summed E-state index contributed by atoms with van der Waals surface area (Å²) in [6, 6.07) is 0.777. The molecular weight excluding hydrogens is 196 g/mol. The molecule has 16 heavy (non-hydrogen) atoms. The van der Waals surface area contributed by atoms with Crippen LogP contribution in [0.2, 0.25) is 0 Å². The molecular formula is C14H30N2. The van der Waals surface area contributed by atoms with Crippen LogP contribution in [0, 0.1) is 11.3 Å². The Kier molecular flexibility index (Phi) is 5.26. The van der Waals surface area contributed by atoms with Gasteiger partial charge in [-0.25, -0.2) is 0 Å². The Bertz CT molecular complexity index is 205. The highest BCUT2D eigenvalue weighted by atomic mass is 15.2. The quantitative estimate of drug-likeness (QED) is 0.775. The normalized spacial score (nSPS) is 31.3. The van der Waals surface area contributed by atoms with Crippen molar-refractivity contribution >= 4 is 0 Å². The molecule has 0 radical (unpaired) electrons. The molecule has 1 saturated heterocycles. The van der Waals surface area contributed by atoms with Crippen LogP contribution in [-0.4, -0.2) is 37.6 Å². The fraction of sp³-hybridized carbons (Fsp3) is 1.00. The van der Waals surface area contributed by atoms with Gasteiger partial charge >= 0.3 is 0 Å². The van der Waals surface area contributed by atoms with Crippen molar-refractivity contribution in [1.82, 2.24) is 10.2 Å². The summed E-state index contributed by atoms with van der Waals surface area (Å²) in [5.74, 6) is 0.881. The van der Waals surface area contributed by atoms with Crippen molar-refractivity contribution in [2.75, 3.05) is 26.7 Å². The lowest BCUT2D eigenvalue weighted by Crippen LogP contribution is -2.48. The third kappa shape index (κ3) is 3.74. The van der Waals surface area contributed by atoms with E-state index in [2.05, 4.69) is 45.0 Å². The SMILES string of the molecule is CCC(C)(CNC)CN1CC(C)CCC1C. The van der Waals surface area contributed by atoms with E-state index in [0.717, 1.165) is 18.5 Å². The Hall–Kier alpha value is -0.0800. The van der Waals surface area contributed by atoms with Gasteiger partial charge in [0.05, 0.1) is 0 Å². The van der Waals surface area contributed by atoms with Gasteiger partial charge in [0, 0.05) is 25.7 Å². The van der Waals surface area contributed by atoms with Crippen LogP contribution in [0.15, 0.2) is 0 Å². The van der Waals surface area contributed by atoms with Crippen LogP contribution in [0.25, 0.3) is 0 Å². The number of hydrogen-bond donors (Lipinski definition) is 1. The third-order valence-corrected chi connectivity index (χ3v) is 4.29. The lowest BCUT2D eigenvalue weighted by atomic mass is 9.84. The van der Waals surface area contributed by atoms with Crippen molar-refractivity contribution < 1.29 is 0 Å². The van der Waals surface area contributed by atoms with Crippen molar-refractivity contribution in [3.05, 3.63) is 0 Å². The van der Waals surface area contributed by atoms with E-state index >= 15 is 0 Å². The molecule has 96 valence electrons. The van der Waals surface area contributed by atoms with Crippen LogP contribution in [0.1, 0.15) is 47.0 Å². The third-order valence-electron chi connectivity index (χ3n) is 4.29. The van der Waals surface area contributed by atoms with Crippen molar-refractivity contribution in [3.63, 3.8) is 0 Å². The molecule has 1 aliphatic rings. The van der Waals surface area contributed by atoms with Gasteiger partial charge in [0.1, 0.15) is 0 Å². The van der Waals surface area contributed by atoms with Gasteiger partial charge in [-0.3, -0.25) is 4.90 Å². The first kappa shape index (κ1) is 14.0. The van der Waals surface area contributed by atoms with Crippen LogP contribution in [0.3, 0.4) is 0 Å². The Balaban J connectivity index is 2.55. The summed E-state index contributed by atoms with van der Waals surface area (Å²) in [6.45, 7) is 13.2. The van der Waals surface area contributed by atoms with E-state index in [4.69, 9.17) is 0 Å². The zero-order valence-electron chi connectivity index (χ0n) is 11.8. The van der Waals surface area contributed by atoms with Crippen LogP contribution in [0.5, 0.6) is 0 Å². The summed E-state index contributed by atoms with van der Waals surface area (Å²) in [4.78, 5) is 2.70. The van der Waals surface area contributed by atoms with Gasteiger partial charge in [0.2, 0.25) is 0 Å². The monoisotopic (exact) mass is 226 g/mol. The molecule has 1 N–H and O–H groups in total. The second kappa shape index (κ2) is 6.02. The molecule has 3 atom stereocenters.